The fourth-order valence-electron chi connectivity index (χ4n) is 2.44. The summed E-state index contributed by atoms with van der Waals surface area (Å²) in [5.41, 5.74) is 6.96. The second-order valence-corrected chi connectivity index (χ2v) is 6.04. The molecule has 3 aromatic rings. The molecule has 0 atom stereocenters. The Hall–Kier alpha value is -4.01. The van der Waals surface area contributed by atoms with Gasteiger partial charge in [-0.2, -0.15) is 0 Å². The Morgan fingerprint density at radius 1 is 1.00 bits per heavy atom. The monoisotopic (exact) mass is 394 g/mol. The molecule has 3 rings (SSSR count). The van der Waals surface area contributed by atoms with Crippen LogP contribution in [0.15, 0.2) is 61.1 Å². The van der Waals surface area contributed by atoms with Crippen LogP contribution in [0.1, 0.15) is 20.7 Å². The van der Waals surface area contributed by atoms with E-state index in [4.69, 9.17) is 5.73 Å². The van der Waals surface area contributed by atoms with Crippen molar-refractivity contribution in [2.45, 2.75) is 0 Å². The number of benzene rings is 1. The SMILES string of the molecule is Nc1cc(F)ccc1NC(=O)c1ccc(NCCNC(=O)c2cccnc2)nc1. The Morgan fingerprint density at radius 2 is 1.83 bits per heavy atom. The number of nitrogens with one attached hydrogen (secondary N) is 3. The van der Waals surface area contributed by atoms with Crippen molar-refractivity contribution in [2.24, 2.45) is 0 Å². The number of aromatic nitrogens is 2. The van der Waals surface area contributed by atoms with Crippen LogP contribution in [0, 0.1) is 5.82 Å². The van der Waals surface area contributed by atoms with Gasteiger partial charge in [0, 0.05) is 31.7 Å². The summed E-state index contributed by atoms with van der Waals surface area (Å²) in [6, 6.07) is 10.4. The van der Waals surface area contributed by atoms with E-state index in [2.05, 4.69) is 25.9 Å². The van der Waals surface area contributed by atoms with Gasteiger partial charge in [0.1, 0.15) is 11.6 Å². The molecule has 0 spiro atoms. The molecular weight excluding hydrogens is 375 g/mol. The number of anilines is 3. The third-order valence-electron chi connectivity index (χ3n) is 3.93. The van der Waals surface area contributed by atoms with Crippen molar-refractivity contribution < 1.29 is 14.0 Å². The molecule has 148 valence electrons. The van der Waals surface area contributed by atoms with Crippen molar-refractivity contribution >= 4 is 29.0 Å². The molecule has 0 fully saturated rings. The third-order valence-corrected chi connectivity index (χ3v) is 3.93. The lowest BCUT2D eigenvalue weighted by atomic mass is 10.2. The highest BCUT2D eigenvalue weighted by atomic mass is 19.1. The predicted octanol–water partition coefficient (Wildman–Crippen LogP) is 2.29. The minimum atomic E-state index is -0.478. The van der Waals surface area contributed by atoms with Gasteiger partial charge in [-0.3, -0.25) is 14.6 Å². The van der Waals surface area contributed by atoms with Crippen LogP contribution in [0.5, 0.6) is 0 Å². The van der Waals surface area contributed by atoms with E-state index in [1.165, 1.54) is 24.5 Å². The van der Waals surface area contributed by atoms with Crippen LogP contribution in [-0.2, 0) is 0 Å². The average Bonchev–Trinajstić information content (AvgIpc) is 2.74. The number of rotatable bonds is 7. The lowest BCUT2D eigenvalue weighted by Crippen LogP contribution is -2.28. The van der Waals surface area contributed by atoms with Crippen LogP contribution < -0.4 is 21.7 Å². The number of pyridine rings is 2. The smallest absolute Gasteiger partial charge is 0.257 e. The van der Waals surface area contributed by atoms with E-state index in [0.29, 0.717) is 35.7 Å². The van der Waals surface area contributed by atoms with Crippen molar-refractivity contribution in [3.05, 3.63) is 78.0 Å². The van der Waals surface area contributed by atoms with Crippen molar-refractivity contribution in [3.63, 3.8) is 0 Å². The summed E-state index contributed by atoms with van der Waals surface area (Å²) < 4.78 is 13.1. The molecule has 0 aliphatic heterocycles. The molecule has 1 aromatic carbocycles. The van der Waals surface area contributed by atoms with E-state index in [0.717, 1.165) is 6.07 Å². The van der Waals surface area contributed by atoms with Gasteiger partial charge in [0.25, 0.3) is 11.8 Å². The molecule has 9 heteroatoms. The third kappa shape index (κ3) is 5.48. The molecule has 2 amide bonds. The molecule has 0 radical (unpaired) electrons. The van der Waals surface area contributed by atoms with Gasteiger partial charge in [0.15, 0.2) is 0 Å². The van der Waals surface area contributed by atoms with Crippen LogP contribution in [0.2, 0.25) is 0 Å². The Balaban J connectivity index is 1.47. The first kappa shape index (κ1) is 19.7. The maximum absolute atomic E-state index is 13.1. The fraction of sp³-hybridized carbons (Fsp3) is 0.100. The predicted molar refractivity (Wildman–Crippen MR) is 108 cm³/mol. The summed E-state index contributed by atoms with van der Waals surface area (Å²) in [5.74, 6) is -0.543. The zero-order chi connectivity index (χ0) is 20.6. The second-order valence-electron chi connectivity index (χ2n) is 6.04. The largest absolute Gasteiger partial charge is 0.397 e. The van der Waals surface area contributed by atoms with Crippen molar-refractivity contribution in [1.82, 2.24) is 15.3 Å². The quantitative estimate of drug-likeness (QED) is 0.360. The van der Waals surface area contributed by atoms with E-state index in [1.54, 1.807) is 30.5 Å². The maximum atomic E-state index is 13.1. The number of nitrogen functional groups attached to an aromatic ring is 1. The molecule has 29 heavy (non-hydrogen) atoms. The molecule has 5 N–H and O–H groups in total. The highest BCUT2D eigenvalue weighted by Crippen LogP contribution is 2.20. The van der Waals surface area contributed by atoms with Crippen LogP contribution in [0.25, 0.3) is 0 Å². The lowest BCUT2D eigenvalue weighted by molar-refractivity contribution is 0.0954. The van der Waals surface area contributed by atoms with Gasteiger partial charge < -0.3 is 21.7 Å². The van der Waals surface area contributed by atoms with Gasteiger partial charge in [-0.05, 0) is 42.5 Å². The van der Waals surface area contributed by atoms with Crippen molar-refractivity contribution in [3.8, 4) is 0 Å². The van der Waals surface area contributed by atoms with Gasteiger partial charge in [0.2, 0.25) is 0 Å². The molecule has 2 aromatic heterocycles. The molecule has 0 aliphatic rings. The topological polar surface area (TPSA) is 122 Å². The Morgan fingerprint density at radius 3 is 2.52 bits per heavy atom. The number of halogens is 1. The van der Waals surface area contributed by atoms with Crippen LogP contribution in [-0.4, -0.2) is 34.9 Å². The first-order valence-corrected chi connectivity index (χ1v) is 8.77. The number of carbonyl (C=O) groups is 2. The minimum Gasteiger partial charge on any atom is -0.397 e. The molecule has 0 aliphatic carbocycles. The van der Waals surface area contributed by atoms with Gasteiger partial charge in [-0.25, -0.2) is 9.37 Å². The van der Waals surface area contributed by atoms with Gasteiger partial charge in [-0.1, -0.05) is 0 Å². The number of nitrogens with zero attached hydrogens (tertiary/aromatic N) is 2. The standard InChI is InChI=1S/C20H19FN6O2/c21-15-4-5-17(16(22)10-15)27-20(29)14-3-6-18(26-12-14)24-8-9-25-19(28)13-2-1-7-23-11-13/h1-7,10-12H,8-9,22H2,(H,24,26)(H,25,28)(H,27,29). The summed E-state index contributed by atoms with van der Waals surface area (Å²) in [4.78, 5) is 32.2. The Labute approximate surface area is 166 Å². The molecule has 0 bridgehead atoms. The number of nitrogens with two attached hydrogens (primary N) is 1. The van der Waals surface area contributed by atoms with E-state index >= 15 is 0 Å². The normalized spacial score (nSPS) is 10.2. The Kier molecular flexibility index (Phi) is 6.31. The Bertz CT molecular complexity index is 996. The number of hydrogen-bond donors (Lipinski definition) is 4. The van der Waals surface area contributed by atoms with E-state index in [9.17, 15) is 14.0 Å². The van der Waals surface area contributed by atoms with E-state index in [-0.39, 0.29) is 11.6 Å². The second kappa shape index (κ2) is 9.27. The zero-order valence-corrected chi connectivity index (χ0v) is 15.4. The number of hydrogen-bond acceptors (Lipinski definition) is 6. The number of amides is 2. The molecule has 0 unspecified atom stereocenters. The highest BCUT2D eigenvalue weighted by molar-refractivity contribution is 6.05. The lowest BCUT2D eigenvalue weighted by Gasteiger charge is -2.09. The molecule has 0 saturated heterocycles. The summed E-state index contributed by atoms with van der Waals surface area (Å²) in [5, 5.41) is 8.42. The molecule has 2 heterocycles. The first-order valence-electron chi connectivity index (χ1n) is 8.77. The molecular formula is C20H19FN6O2. The van der Waals surface area contributed by atoms with Crippen molar-refractivity contribution in [2.75, 3.05) is 29.5 Å². The van der Waals surface area contributed by atoms with Crippen LogP contribution in [0.4, 0.5) is 21.6 Å². The van der Waals surface area contributed by atoms with Crippen LogP contribution >= 0.6 is 0 Å². The first-order chi connectivity index (χ1) is 14.0. The van der Waals surface area contributed by atoms with E-state index < -0.39 is 11.7 Å². The molecule has 0 saturated carbocycles. The van der Waals surface area contributed by atoms with Gasteiger partial charge in [0.05, 0.1) is 22.5 Å². The summed E-state index contributed by atoms with van der Waals surface area (Å²) in [6.07, 6.45) is 4.50. The summed E-state index contributed by atoms with van der Waals surface area (Å²) in [7, 11) is 0. The number of carbonyl (C=O) groups excluding carboxylic acids is 2. The average molecular weight is 394 g/mol. The highest BCUT2D eigenvalue weighted by Gasteiger charge is 2.09. The van der Waals surface area contributed by atoms with Crippen LogP contribution in [0.3, 0.4) is 0 Å². The maximum Gasteiger partial charge on any atom is 0.257 e. The van der Waals surface area contributed by atoms with E-state index in [1.807, 2.05) is 0 Å². The van der Waals surface area contributed by atoms with Gasteiger partial charge in [-0.15, -0.1) is 0 Å². The summed E-state index contributed by atoms with van der Waals surface area (Å²) >= 11 is 0. The van der Waals surface area contributed by atoms with Crippen molar-refractivity contribution in [1.29, 1.82) is 0 Å². The zero-order valence-electron chi connectivity index (χ0n) is 15.4. The minimum absolute atomic E-state index is 0.137. The summed E-state index contributed by atoms with van der Waals surface area (Å²) in [6.45, 7) is 0.845. The van der Waals surface area contributed by atoms with Gasteiger partial charge >= 0.3 is 0 Å². The fourth-order valence-corrected chi connectivity index (χ4v) is 2.44. The molecule has 8 nitrogen and oxygen atoms in total.